The van der Waals surface area contributed by atoms with Crippen LogP contribution in [0.1, 0.15) is 37.7 Å². The Labute approximate surface area is 133 Å². The lowest BCUT2D eigenvalue weighted by atomic mass is 10.1. The van der Waals surface area contributed by atoms with Crippen molar-refractivity contribution in [2.24, 2.45) is 7.05 Å². The number of aromatic nitrogens is 2. The number of likely N-dealkylation sites (tertiary alicyclic amines) is 1. The summed E-state index contributed by atoms with van der Waals surface area (Å²) in [5, 5.41) is 4.23. The van der Waals surface area contributed by atoms with E-state index >= 15 is 0 Å². The van der Waals surface area contributed by atoms with Gasteiger partial charge in [-0.05, 0) is 50.6 Å². The number of aryl methyl sites for hydroxylation is 2. The van der Waals surface area contributed by atoms with Gasteiger partial charge in [0.05, 0.1) is 18.4 Å². The summed E-state index contributed by atoms with van der Waals surface area (Å²) in [4.78, 5) is 2.58. The molecule has 0 N–H and O–H groups in total. The highest BCUT2D eigenvalue weighted by Crippen LogP contribution is 2.20. The molecule has 2 aliphatic heterocycles. The van der Waals surface area contributed by atoms with Crippen LogP contribution in [-0.4, -0.2) is 59.7 Å². The second-order valence-corrected chi connectivity index (χ2v) is 6.61. The van der Waals surface area contributed by atoms with E-state index in [0.29, 0.717) is 12.2 Å². The number of ether oxygens (including phenoxy) is 2. The number of piperidine rings is 1. The van der Waals surface area contributed by atoms with Gasteiger partial charge in [-0.1, -0.05) is 0 Å². The molecule has 3 rings (SSSR count). The molecule has 2 fully saturated rings. The molecule has 5 heteroatoms. The Morgan fingerprint density at radius 3 is 2.59 bits per heavy atom. The van der Waals surface area contributed by atoms with E-state index in [1.54, 1.807) is 0 Å². The highest BCUT2D eigenvalue weighted by Gasteiger charge is 2.23. The third-order valence-corrected chi connectivity index (χ3v) is 4.79. The fourth-order valence-corrected chi connectivity index (χ4v) is 3.46. The largest absolute Gasteiger partial charge is 0.381 e. The molecule has 0 radical (unpaired) electrons. The smallest absolute Gasteiger partial charge is 0.0622 e. The third-order valence-electron chi connectivity index (χ3n) is 4.79. The van der Waals surface area contributed by atoms with Crippen LogP contribution < -0.4 is 0 Å². The lowest BCUT2D eigenvalue weighted by Crippen LogP contribution is -2.39. The summed E-state index contributed by atoms with van der Waals surface area (Å²) < 4.78 is 13.5. The van der Waals surface area contributed by atoms with E-state index in [9.17, 15) is 0 Å². The van der Waals surface area contributed by atoms with Gasteiger partial charge < -0.3 is 14.4 Å². The average Bonchev–Trinajstić information content (AvgIpc) is 2.96. The molecule has 0 unspecified atom stereocenters. The molecule has 0 amide bonds. The van der Waals surface area contributed by atoms with Gasteiger partial charge in [-0.15, -0.1) is 0 Å². The first-order valence-corrected chi connectivity index (χ1v) is 8.72. The maximum absolute atomic E-state index is 6.24. The molecular formula is C17H29N3O2. The summed E-state index contributed by atoms with van der Waals surface area (Å²) >= 11 is 0. The van der Waals surface area contributed by atoms with E-state index in [2.05, 4.69) is 16.2 Å². The lowest BCUT2D eigenvalue weighted by molar-refractivity contribution is -0.0846. The van der Waals surface area contributed by atoms with Crippen molar-refractivity contribution in [3.05, 3.63) is 18.0 Å². The fraction of sp³-hybridized carbons (Fsp3) is 0.824. The molecule has 1 aromatic heterocycles. The molecule has 0 saturated carbocycles. The second kappa shape index (κ2) is 8.09. The molecule has 0 spiro atoms. The molecule has 2 aliphatic rings. The Morgan fingerprint density at radius 2 is 1.91 bits per heavy atom. The molecule has 5 nitrogen and oxygen atoms in total. The fourth-order valence-electron chi connectivity index (χ4n) is 3.46. The average molecular weight is 307 g/mol. The van der Waals surface area contributed by atoms with E-state index in [1.807, 2.05) is 17.9 Å². The van der Waals surface area contributed by atoms with Gasteiger partial charge in [0.15, 0.2) is 0 Å². The van der Waals surface area contributed by atoms with E-state index in [1.165, 1.54) is 44.5 Å². The Balaban J connectivity index is 1.30. The van der Waals surface area contributed by atoms with Crippen molar-refractivity contribution in [3.63, 3.8) is 0 Å². The molecule has 3 heterocycles. The van der Waals surface area contributed by atoms with Gasteiger partial charge in [-0.2, -0.15) is 5.10 Å². The Hall–Kier alpha value is -0.910. The maximum atomic E-state index is 6.24. The summed E-state index contributed by atoms with van der Waals surface area (Å²) in [5.74, 6) is 0. The first-order valence-electron chi connectivity index (χ1n) is 8.72. The first-order chi connectivity index (χ1) is 10.8. The molecule has 0 aliphatic carbocycles. The summed E-state index contributed by atoms with van der Waals surface area (Å²) in [5.41, 5.74) is 1.35. The van der Waals surface area contributed by atoms with Crippen molar-refractivity contribution in [1.29, 1.82) is 0 Å². The predicted octanol–water partition coefficient (Wildman–Crippen LogP) is 2.01. The molecule has 2 saturated heterocycles. The normalized spacial score (nSPS) is 22.2. The van der Waals surface area contributed by atoms with Gasteiger partial charge >= 0.3 is 0 Å². The molecule has 0 aromatic carbocycles. The van der Waals surface area contributed by atoms with Crippen molar-refractivity contribution < 1.29 is 9.47 Å². The first kappa shape index (κ1) is 16.0. The van der Waals surface area contributed by atoms with Crippen LogP contribution in [0.25, 0.3) is 0 Å². The SMILES string of the molecule is Cn1cc(CCCN2CCC(OC3CCOCC3)CC2)cn1. The topological polar surface area (TPSA) is 39.5 Å². The minimum absolute atomic E-state index is 0.441. The zero-order valence-corrected chi connectivity index (χ0v) is 13.7. The van der Waals surface area contributed by atoms with Gasteiger partial charge in [0.2, 0.25) is 0 Å². The summed E-state index contributed by atoms with van der Waals surface area (Å²) in [6, 6.07) is 0. The van der Waals surface area contributed by atoms with E-state index in [-0.39, 0.29) is 0 Å². The van der Waals surface area contributed by atoms with Crippen LogP contribution in [-0.2, 0) is 22.9 Å². The van der Waals surface area contributed by atoms with Gasteiger partial charge in [0, 0.05) is 39.5 Å². The molecule has 1 aromatic rings. The van der Waals surface area contributed by atoms with Crippen LogP contribution in [0.2, 0.25) is 0 Å². The van der Waals surface area contributed by atoms with E-state index in [4.69, 9.17) is 9.47 Å². The van der Waals surface area contributed by atoms with Crippen LogP contribution in [0.4, 0.5) is 0 Å². The van der Waals surface area contributed by atoms with Gasteiger partial charge in [0.1, 0.15) is 0 Å². The Kier molecular flexibility index (Phi) is 5.87. The van der Waals surface area contributed by atoms with Crippen molar-refractivity contribution >= 4 is 0 Å². The van der Waals surface area contributed by atoms with Crippen LogP contribution >= 0.6 is 0 Å². The summed E-state index contributed by atoms with van der Waals surface area (Å²) in [7, 11) is 1.98. The lowest BCUT2D eigenvalue weighted by Gasteiger charge is -2.34. The van der Waals surface area contributed by atoms with E-state index < -0.39 is 0 Å². The monoisotopic (exact) mass is 307 g/mol. The third kappa shape index (κ3) is 4.80. The minimum atomic E-state index is 0.441. The van der Waals surface area contributed by atoms with Crippen LogP contribution in [0.3, 0.4) is 0 Å². The van der Waals surface area contributed by atoms with Gasteiger partial charge in [0.25, 0.3) is 0 Å². The highest BCUT2D eigenvalue weighted by atomic mass is 16.5. The van der Waals surface area contributed by atoms with E-state index in [0.717, 1.165) is 32.5 Å². The predicted molar refractivity (Wildman–Crippen MR) is 85.9 cm³/mol. The molecule has 22 heavy (non-hydrogen) atoms. The maximum Gasteiger partial charge on any atom is 0.0622 e. The van der Waals surface area contributed by atoms with Crippen molar-refractivity contribution in [3.8, 4) is 0 Å². The zero-order valence-electron chi connectivity index (χ0n) is 13.7. The summed E-state index contributed by atoms with van der Waals surface area (Å²) in [6.07, 6.45) is 11.9. The van der Waals surface area contributed by atoms with Crippen molar-refractivity contribution in [1.82, 2.24) is 14.7 Å². The number of nitrogens with zero attached hydrogens (tertiary/aromatic N) is 3. The summed E-state index contributed by atoms with van der Waals surface area (Å²) in [6.45, 7) is 5.30. The van der Waals surface area contributed by atoms with Crippen LogP contribution in [0, 0.1) is 0 Å². The van der Waals surface area contributed by atoms with Gasteiger partial charge in [-0.25, -0.2) is 0 Å². The minimum Gasteiger partial charge on any atom is -0.381 e. The standard InChI is InChI=1S/C17H29N3O2/c1-19-14-15(13-18-19)3-2-8-20-9-4-16(5-10-20)22-17-6-11-21-12-7-17/h13-14,16-17H,2-12H2,1H3. The van der Waals surface area contributed by atoms with Gasteiger partial charge in [-0.3, -0.25) is 4.68 Å². The Morgan fingerprint density at radius 1 is 1.18 bits per heavy atom. The molecular weight excluding hydrogens is 278 g/mol. The zero-order chi connectivity index (χ0) is 15.2. The second-order valence-electron chi connectivity index (χ2n) is 6.61. The number of rotatable bonds is 6. The Bertz CT molecular complexity index is 435. The van der Waals surface area contributed by atoms with Crippen LogP contribution in [0.15, 0.2) is 12.4 Å². The molecule has 124 valence electrons. The molecule has 0 bridgehead atoms. The highest BCUT2D eigenvalue weighted by molar-refractivity contribution is 5.03. The van der Waals surface area contributed by atoms with Crippen molar-refractivity contribution in [2.75, 3.05) is 32.8 Å². The van der Waals surface area contributed by atoms with Crippen LogP contribution in [0.5, 0.6) is 0 Å². The number of hydrogen-bond acceptors (Lipinski definition) is 4. The molecule has 0 atom stereocenters. The quantitative estimate of drug-likeness (QED) is 0.806. The van der Waals surface area contributed by atoms with Crippen molar-refractivity contribution in [2.45, 2.75) is 50.7 Å². The number of hydrogen-bond donors (Lipinski definition) is 0.